The number of fused-ring (bicyclic) bond motifs is 2. The maximum absolute atomic E-state index is 12.4. The summed E-state index contributed by atoms with van der Waals surface area (Å²) in [6.07, 6.45) is 2.18. The van der Waals surface area contributed by atoms with Crippen molar-refractivity contribution in [1.29, 1.82) is 0 Å². The number of unbranched alkanes of at least 4 members (excludes halogenated alkanes) is 1. The predicted molar refractivity (Wildman–Crippen MR) is 116 cm³/mol. The molecule has 3 N–H and O–H groups in total. The molecule has 0 fully saturated rings. The lowest BCUT2D eigenvalue weighted by molar-refractivity contribution is 0.0979. The Balaban J connectivity index is 1.60. The number of carbonyl (C=O) groups is 1. The predicted octanol–water partition coefficient (Wildman–Crippen LogP) is 4.89. The van der Waals surface area contributed by atoms with Gasteiger partial charge in [0.25, 0.3) is 0 Å². The lowest BCUT2D eigenvalue weighted by Crippen LogP contribution is -2.02. The first-order valence-corrected chi connectivity index (χ1v) is 10.3. The minimum absolute atomic E-state index is 0.124. The number of carbonyl (C=O) groups excluding carboxylic acids is 1. The van der Waals surface area contributed by atoms with E-state index in [4.69, 9.17) is 17.3 Å². The second-order valence-corrected chi connectivity index (χ2v) is 8.09. The molecule has 0 spiro atoms. The van der Waals surface area contributed by atoms with Crippen LogP contribution < -0.4 is 11.1 Å². The third kappa shape index (κ3) is 3.73. The molecule has 0 atom stereocenters. The summed E-state index contributed by atoms with van der Waals surface area (Å²) in [7, 11) is 1.94. The number of nitrogens with two attached hydrogens (primary N) is 1. The summed E-state index contributed by atoms with van der Waals surface area (Å²) < 4.78 is 2.97. The highest BCUT2D eigenvalue weighted by Crippen LogP contribution is 2.31. The van der Waals surface area contributed by atoms with Gasteiger partial charge in [-0.15, -0.1) is 0 Å². The fourth-order valence-electron chi connectivity index (χ4n) is 3.11. The van der Waals surface area contributed by atoms with Gasteiger partial charge in [-0.1, -0.05) is 22.9 Å². The Morgan fingerprint density at radius 1 is 1.18 bits per heavy atom. The van der Waals surface area contributed by atoms with Crippen LogP contribution in [-0.2, 0) is 7.05 Å². The van der Waals surface area contributed by atoms with E-state index in [2.05, 4.69) is 15.3 Å². The standard InChI is InChI=1S/C20H20ClN5OS/c1-26-16-8-5-12(17(27)4-2-3-9-22)10-15(16)23-19(26)25-20-24-14-7-6-13(21)11-18(14)28-20/h5-8,10-11H,2-4,9,22H2,1H3,(H,23,24,25). The molecule has 28 heavy (non-hydrogen) atoms. The number of halogens is 1. The summed E-state index contributed by atoms with van der Waals surface area (Å²) in [6.45, 7) is 0.611. The molecule has 0 unspecified atom stereocenters. The second kappa shape index (κ2) is 7.87. The minimum Gasteiger partial charge on any atom is -0.330 e. The Morgan fingerprint density at radius 3 is 2.86 bits per heavy atom. The Hall–Kier alpha value is -2.48. The number of aryl methyl sites for hydroxylation is 1. The first-order chi connectivity index (χ1) is 13.5. The zero-order valence-corrected chi connectivity index (χ0v) is 17.0. The van der Waals surface area contributed by atoms with Crippen molar-refractivity contribution in [2.24, 2.45) is 12.8 Å². The molecule has 2 aromatic heterocycles. The van der Waals surface area contributed by atoms with E-state index in [0.717, 1.165) is 39.2 Å². The van der Waals surface area contributed by atoms with Crippen molar-refractivity contribution in [3.63, 3.8) is 0 Å². The number of hydrogen-bond donors (Lipinski definition) is 2. The first kappa shape index (κ1) is 18.9. The van der Waals surface area contributed by atoms with Gasteiger partial charge in [0.1, 0.15) is 0 Å². The summed E-state index contributed by atoms with van der Waals surface area (Å²) in [6, 6.07) is 11.3. The number of ketones is 1. The van der Waals surface area contributed by atoms with E-state index in [9.17, 15) is 4.79 Å². The van der Waals surface area contributed by atoms with Crippen molar-refractivity contribution in [3.8, 4) is 0 Å². The zero-order chi connectivity index (χ0) is 19.7. The molecule has 6 nitrogen and oxygen atoms in total. The van der Waals surface area contributed by atoms with E-state index in [1.807, 2.05) is 48.0 Å². The Morgan fingerprint density at radius 2 is 2.04 bits per heavy atom. The van der Waals surface area contributed by atoms with Crippen LogP contribution in [0.15, 0.2) is 36.4 Å². The number of hydrogen-bond acceptors (Lipinski definition) is 6. The molecular formula is C20H20ClN5OS. The first-order valence-electron chi connectivity index (χ1n) is 9.08. The van der Waals surface area contributed by atoms with E-state index in [1.54, 1.807) is 0 Å². The number of thiazole rings is 1. The van der Waals surface area contributed by atoms with Gasteiger partial charge >= 0.3 is 0 Å². The maximum Gasteiger partial charge on any atom is 0.209 e. The van der Waals surface area contributed by atoms with Gasteiger partial charge in [-0.2, -0.15) is 0 Å². The van der Waals surface area contributed by atoms with Crippen LogP contribution in [0.4, 0.5) is 11.1 Å². The zero-order valence-electron chi connectivity index (χ0n) is 15.4. The molecule has 144 valence electrons. The summed E-state index contributed by atoms with van der Waals surface area (Å²) >= 11 is 7.58. The monoisotopic (exact) mass is 413 g/mol. The maximum atomic E-state index is 12.4. The van der Waals surface area contributed by atoms with E-state index in [0.29, 0.717) is 29.5 Å². The quantitative estimate of drug-likeness (QED) is 0.332. The van der Waals surface area contributed by atoms with Crippen LogP contribution in [0.5, 0.6) is 0 Å². The average Bonchev–Trinajstić information content (AvgIpc) is 3.21. The highest BCUT2D eigenvalue weighted by Gasteiger charge is 2.13. The summed E-state index contributed by atoms with van der Waals surface area (Å²) in [5, 5.41) is 4.71. The molecule has 0 amide bonds. The van der Waals surface area contributed by atoms with E-state index < -0.39 is 0 Å². The number of imidazole rings is 1. The van der Waals surface area contributed by atoms with Crippen molar-refractivity contribution in [1.82, 2.24) is 14.5 Å². The summed E-state index contributed by atoms with van der Waals surface area (Å²) in [5.74, 6) is 0.798. The smallest absolute Gasteiger partial charge is 0.209 e. The van der Waals surface area contributed by atoms with Crippen LogP contribution >= 0.6 is 22.9 Å². The van der Waals surface area contributed by atoms with Gasteiger partial charge in [-0.3, -0.25) is 4.79 Å². The minimum atomic E-state index is 0.124. The molecule has 0 bridgehead atoms. The Labute approximate surface area is 171 Å². The molecule has 8 heteroatoms. The molecular weight excluding hydrogens is 394 g/mol. The van der Waals surface area contributed by atoms with Gasteiger partial charge in [0.15, 0.2) is 10.9 Å². The van der Waals surface area contributed by atoms with Crippen molar-refractivity contribution >= 4 is 61.1 Å². The van der Waals surface area contributed by atoms with Crippen LogP contribution in [0.2, 0.25) is 5.02 Å². The van der Waals surface area contributed by atoms with Gasteiger partial charge in [0.05, 0.1) is 21.3 Å². The number of nitrogens with one attached hydrogen (secondary N) is 1. The lowest BCUT2D eigenvalue weighted by atomic mass is 10.0. The van der Waals surface area contributed by atoms with Gasteiger partial charge in [-0.25, -0.2) is 9.97 Å². The SMILES string of the molecule is Cn1c(Nc2nc3ccc(Cl)cc3s2)nc2cc(C(=O)CCCCN)ccc21. The van der Waals surface area contributed by atoms with Crippen molar-refractivity contribution in [2.45, 2.75) is 19.3 Å². The van der Waals surface area contributed by atoms with Crippen molar-refractivity contribution in [2.75, 3.05) is 11.9 Å². The molecule has 0 saturated carbocycles. The molecule has 2 aromatic carbocycles. The van der Waals surface area contributed by atoms with Gasteiger partial charge < -0.3 is 15.6 Å². The molecule has 0 aliphatic rings. The number of aromatic nitrogens is 3. The summed E-state index contributed by atoms with van der Waals surface area (Å²) in [4.78, 5) is 21.6. The molecule has 0 saturated heterocycles. The number of anilines is 2. The normalized spacial score (nSPS) is 11.4. The number of rotatable bonds is 7. The van der Waals surface area contributed by atoms with E-state index in [1.165, 1.54) is 11.3 Å². The van der Waals surface area contributed by atoms with Crippen molar-refractivity contribution in [3.05, 3.63) is 47.0 Å². The molecule has 0 radical (unpaired) electrons. The van der Waals surface area contributed by atoms with Gasteiger partial charge in [-0.05, 0) is 55.8 Å². The number of nitrogens with zero attached hydrogens (tertiary/aromatic N) is 3. The Kier molecular flexibility index (Phi) is 5.30. The van der Waals surface area contributed by atoms with Crippen molar-refractivity contribution < 1.29 is 4.79 Å². The average molecular weight is 414 g/mol. The third-order valence-corrected chi connectivity index (χ3v) is 5.80. The third-order valence-electron chi connectivity index (χ3n) is 4.63. The number of Topliss-reactive ketones (excluding diaryl/α,β-unsaturated/α-hetero) is 1. The van der Waals surface area contributed by atoms with Crippen LogP contribution in [0, 0.1) is 0 Å². The van der Waals surface area contributed by atoms with E-state index in [-0.39, 0.29) is 5.78 Å². The molecule has 2 heterocycles. The fraction of sp³-hybridized carbons (Fsp3) is 0.250. The molecule has 4 aromatic rings. The summed E-state index contributed by atoms with van der Waals surface area (Å²) in [5.41, 5.74) is 8.80. The van der Waals surface area contributed by atoms with Gasteiger partial charge in [0, 0.05) is 24.1 Å². The molecule has 0 aliphatic heterocycles. The van der Waals surface area contributed by atoms with Gasteiger partial charge in [0.2, 0.25) is 5.95 Å². The van der Waals surface area contributed by atoms with Crippen LogP contribution in [0.1, 0.15) is 29.6 Å². The topological polar surface area (TPSA) is 85.8 Å². The largest absolute Gasteiger partial charge is 0.330 e. The fourth-order valence-corrected chi connectivity index (χ4v) is 4.24. The lowest BCUT2D eigenvalue weighted by Gasteiger charge is -2.03. The molecule has 0 aliphatic carbocycles. The second-order valence-electron chi connectivity index (χ2n) is 6.62. The van der Waals surface area contributed by atoms with E-state index >= 15 is 0 Å². The highest BCUT2D eigenvalue weighted by molar-refractivity contribution is 7.22. The highest BCUT2D eigenvalue weighted by atomic mass is 35.5. The Bertz CT molecular complexity index is 1170. The van der Waals surface area contributed by atoms with Crippen LogP contribution in [0.3, 0.4) is 0 Å². The number of benzene rings is 2. The molecule has 4 rings (SSSR count). The van der Waals surface area contributed by atoms with Crippen LogP contribution in [0.25, 0.3) is 21.3 Å². The van der Waals surface area contributed by atoms with Crippen LogP contribution in [-0.4, -0.2) is 26.9 Å².